The summed E-state index contributed by atoms with van der Waals surface area (Å²) < 4.78 is 5.19. The molecular formula is C22H25N3O2. The van der Waals surface area contributed by atoms with Gasteiger partial charge in [-0.3, -0.25) is 4.79 Å². The van der Waals surface area contributed by atoms with Crippen LogP contribution in [0.15, 0.2) is 54.2 Å². The fourth-order valence-electron chi connectivity index (χ4n) is 2.79. The molecule has 2 aromatic carbocycles. The van der Waals surface area contributed by atoms with Gasteiger partial charge in [0.25, 0.3) is 5.91 Å². The topological polar surface area (TPSA) is 74.2 Å². The molecule has 0 heterocycles. The molecule has 0 fully saturated rings. The van der Waals surface area contributed by atoms with Crippen LogP contribution in [-0.2, 0) is 24.2 Å². The van der Waals surface area contributed by atoms with Crippen LogP contribution < -0.4 is 15.4 Å². The molecule has 0 aliphatic rings. The van der Waals surface area contributed by atoms with E-state index >= 15 is 0 Å². The molecule has 0 radical (unpaired) electrons. The third-order valence-electron chi connectivity index (χ3n) is 4.29. The first-order valence-electron chi connectivity index (χ1n) is 9.01. The fraction of sp³-hybridized carbons (Fsp3) is 0.273. The van der Waals surface area contributed by atoms with Gasteiger partial charge in [0, 0.05) is 18.4 Å². The Morgan fingerprint density at radius 2 is 1.81 bits per heavy atom. The minimum atomic E-state index is -0.411. The van der Waals surface area contributed by atoms with Gasteiger partial charge >= 0.3 is 0 Å². The summed E-state index contributed by atoms with van der Waals surface area (Å²) >= 11 is 0. The van der Waals surface area contributed by atoms with E-state index in [9.17, 15) is 10.1 Å². The number of carbonyl (C=O) groups is 1. The Morgan fingerprint density at radius 1 is 1.15 bits per heavy atom. The van der Waals surface area contributed by atoms with Gasteiger partial charge in [-0.15, -0.1) is 0 Å². The first-order valence-corrected chi connectivity index (χ1v) is 9.01. The van der Waals surface area contributed by atoms with E-state index in [4.69, 9.17) is 4.74 Å². The molecule has 5 nitrogen and oxygen atoms in total. The van der Waals surface area contributed by atoms with Crippen LogP contribution in [0, 0.1) is 11.3 Å². The van der Waals surface area contributed by atoms with E-state index in [1.54, 1.807) is 7.11 Å². The van der Waals surface area contributed by atoms with Gasteiger partial charge in [0.2, 0.25) is 0 Å². The van der Waals surface area contributed by atoms with Crippen LogP contribution >= 0.6 is 0 Å². The second kappa shape index (κ2) is 10.0. The highest BCUT2D eigenvalue weighted by atomic mass is 16.5. The number of hydrogen-bond acceptors (Lipinski definition) is 4. The number of anilines is 1. The molecule has 0 aromatic heterocycles. The van der Waals surface area contributed by atoms with E-state index < -0.39 is 5.91 Å². The molecule has 140 valence electrons. The minimum absolute atomic E-state index is 0.0332. The van der Waals surface area contributed by atoms with Crippen LogP contribution in [0.25, 0.3) is 0 Å². The van der Waals surface area contributed by atoms with Gasteiger partial charge in [-0.25, -0.2) is 0 Å². The Morgan fingerprint density at radius 3 is 2.41 bits per heavy atom. The monoisotopic (exact) mass is 363 g/mol. The molecule has 2 rings (SSSR count). The van der Waals surface area contributed by atoms with Gasteiger partial charge < -0.3 is 15.4 Å². The molecule has 0 aliphatic carbocycles. The third-order valence-corrected chi connectivity index (χ3v) is 4.29. The van der Waals surface area contributed by atoms with Gasteiger partial charge in [0.15, 0.2) is 0 Å². The molecule has 2 aromatic rings. The Hall–Kier alpha value is -3.26. The average Bonchev–Trinajstić information content (AvgIpc) is 2.71. The molecule has 0 spiro atoms. The molecule has 0 unspecified atom stereocenters. The van der Waals surface area contributed by atoms with E-state index in [0.717, 1.165) is 41.0 Å². The van der Waals surface area contributed by atoms with E-state index in [1.807, 2.05) is 62.4 Å². The Balaban J connectivity index is 2.10. The predicted octanol–water partition coefficient (Wildman–Crippen LogP) is 3.96. The number of nitrogens with zero attached hydrogens (tertiary/aromatic N) is 1. The van der Waals surface area contributed by atoms with Crippen LogP contribution in [0.4, 0.5) is 5.69 Å². The van der Waals surface area contributed by atoms with E-state index in [-0.39, 0.29) is 5.57 Å². The van der Waals surface area contributed by atoms with Crippen LogP contribution in [0.5, 0.6) is 5.75 Å². The second-order valence-corrected chi connectivity index (χ2v) is 6.01. The van der Waals surface area contributed by atoms with Gasteiger partial charge in [-0.1, -0.05) is 44.2 Å². The Labute approximate surface area is 160 Å². The van der Waals surface area contributed by atoms with Gasteiger partial charge in [-0.2, -0.15) is 5.26 Å². The van der Waals surface area contributed by atoms with E-state index in [0.29, 0.717) is 6.54 Å². The molecular weight excluding hydrogens is 338 g/mol. The summed E-state index contributed by atoms with van der Waals surface area (Å²) in [5.74, 6) is 0.353. The number of benzene rings is 2. The first-order chi connectivity index (χ1) is 13.1. The number of rotatable bonds is 8. The normalized spacial score (nSPS) is 10.8. The summed E-state index contributed by atoms with van der Waals surface area (Å²) in [6, 6.07) is 15.5. The molecule has 0 aliphatic heterocycles. The van der Waals surface area contributed by atoms with Gasteiger partial charge in [0.05, 0.1) is 7.11 Å². The molecule has 0 atom stereocenters. The molecule has 27 heavy (non-hydrogen) atoms. The van der Waals surface area contributed by atoms with Gasteiger partial charge in [0.1, 0.15) is 17.4 Å². The number of carbonyl (C=O) groups excluding carboxylic acids is 1. The minimum Gasteiger partial charge on any atom is -0.497 e. The largest absolute Gasteiger partial charge is 0.497 e. The molecule has 0 saturated heterocycles. The lowest BCUT2D eigenvalue weighted by molar-refractivity contribution is -0.112. The van der Waals surface area contributed by atoms with E-state index in [1.165, 1.54) is 6.20 Å². The molecule has 0 saturated carbocycles. The van der Waals surface area contributed by atoms with Gasteiger partial charge in [-0.05, 0) is 41.7 Å². The SMILES string of the molecule is CCc1cccc(CC)c1NC(=O)/C(C#N)=C\NCc1cccc(OC)c1. The second-order valence-electron chi connectivity index (χ2n) is 6.01. The number of aryl methyl sites for hydroxylation is 2. The summed E-state index contributed by atoms with van der Waals surface area (Å²) in [6.45, 7) is 4.57. The highest BCUT2D eigenvalue weighted by Gasteiger charge is 2.13. The zero-order valence-electron chi connectivity index (χ0n) is 16.0. The molecule has 1 amide bonds. The fourth-order valence-corrected chi connectivity index (χ4v) is 2.79. The maximum absolute atomic E-state index is 12.6. The standard InChI is InChI=1S/C22H25N3O2/c1-4-17-9-7-10-18(5-2)21(17)25-22(26)19(13-23)15-24-14-16-8-6-11-20(12-16)27-3/h6-12,15,24H,4-5,14H2,1-3H3,(H,25,26)/b19-15-. The first kappa shape index (κ1) is 20.1. The predicted molar refractivity (Wildman–Crippen MR) is 107 cm³/mol. The third kappa shape index (κ3) is 5.35. The van der Waals surface area contributed by atoms with Crippen molar-refractivity contribution < 1.29 is 9.53 Å². The number of nitriles is 1. The van der Waals surface area contributed by atoms with Crippen LogP contribution in [0.1, 0.15) is 30.5 Å². The lowest BCUT2D eigenvalue weighted by Gasteiger charge is -2.14. The van der Waals surface area contributed by atoms with Crippen molar-refractivity contribution >= 4 is 11.6 Å². The Kier molecular flexibility index (Phi) is 7.45. The number of amides is 1. The van der Waals surface area contributed by atoms with Crippen LogP contribution in [0.2, 0.25) is 0 Å². The van der Waals surface area contributed by atoms with Crippen molar-refractivity contribution in [3.8, 4) is 11.8 Å². The van der Waals surface area contributed by atoms with Crippen molar-refractivity contribution in [2.24, 2.45) is 0 Å². The highest BCUT2D eigenvalue weighted by Crippen LogP contribution is 2.23. The van der Waals surface area contributed by atoms with Crippen molar-refractivity contribution in [2.75, 3.05) is 12.4 Å². The van der Waals surface area contributed by atoms with Crippen molar-refractivity contribution in [3.05, 3.63) is 70.9 Å². The van der Waals surface area contributed by atoms with Crippen molar-refractivity contribution in [2.45, 2.75) is 33.2 Å². The number of methoxy groups -OCH3 is 1. The van der Waals surface area contributed by atoms with Crippen molar-refractivity contribution in [1.29, 1.82) is 5.26 Å². The molecule has 5 heteroatoms. The average molecular weight is 363 g/mol. The van der Waals surface area contributed by atoms with Crippen molar-refractivity contribution in [3.63, 3.8) is 0 Å². The van der Waals surface area contributed by atoms with E-state index in [2.05, 4.69) is 10.6 Å². The molecule has 0 bridgehead atoms. The summed E-state index contributed by atoms with van der Waals surface area (Å²) in [6.07, 6.45) is 3.07. The summed E-state index contributed by atoms with van der Waals surface area (Å²) in [5.41, 5.74) is 3.95. The zero-order valence-corrected chi connectivity index (χ0v) is 16.0. The summed E-state index contributed by atoms with van der Waals surface area (Å²) in [4.78, 5) is 12.6. The number of hydrogen-bond donors (Lipinski definition) is 2. The quantitative estimate of drug-likeness (QED) is 0.550. The highest BCUT2D eigenvalue weighted by molar-refractivity contribution is 6.07. The Bertz CT molecular complexity index is 844. The molecule has 2 N–H and O–H groups in total. The smallest absolute Gasteiger partial charge is 0.267 e. The summed E-state index contributed by atoms with van der Waals surface area (Å²) in [5, 5.41) is 15.3. The number of nitrogens with one attached hydrogen (secondary N) is 2. The zero-order chi connectivity index (χ0) is 19.6. The lowest BCUT2D eigenvalue weighted by atomic mass is 10.0. The number of para-hydroxylation sites is 1. The maximum Gasteiger partial charge on any atom is 0.267 e. The van der Waals surface area contributed by atoms with Crippen LogP contribution in [0.3, 0.4) is 0 Å². The van der Waals surface area contributed by atoms with Crippen molar-refractivity contribution in [1.82, 2.24) is 5.32 Å². The van der Waals surface area contributed by atoms with Crippen LogP contribution in [-0.4, -0.2) is 13.0 Å². The lowest BCUT2D eigenvalue weighted by Crippen LogP contribution is -2.18. The maximum atomic E-state index is 12.6. The number of ether oxygens (including phenoxy) is 1. The summed E-state index contributed by atoms with van der Waals surface area (Å²) in [7, 11) is 1.61.